The lowest BCUT2D eigenvalue weighted by Crippen LogP contribution is -2.58. The molecule has 0 spiro atoms. The molecule has 56 heavy (non-hydrogen) atoms. The number of amides is 5. The van der Waals surface area contributed by atoms with Crippen LogP contribution in [0.3, 0.4) is 0 Å². The summed E-state index contributed by atoms with van der Waals surface area (Å²) >= 11 is 0. The molecule has 2 aliphatic heterocycles. The number of aromatic hydroxyl groups is 1. The molecule has 0 saturated carbocycles. The quantitative estimate of drug-likeness (QED) is 0.0640. The van der Waals surface area contributed by atoms with Crippen molar-refractivity contribution in [2.75, 3.05) is 19.6 Å². The van der Waals surface area contributed by atoms with Gasteiger partial charge in [-0.2, -0.15) is 0 Å². The molecule has 5 amide bonds. The molecular weight excluding hydrogens is 718 g/mol. The maximum atomic E-state index is 14.5. The van der Waals surface area contributed by atoms with Gasteiger partial charge in [0.05, 0.1) is 0 Å². The van der Waals surface area contributed by atoms with Crippen LogP contribution in [0, 0.1) is 0 Å². The van der Waals surface area contributed by atoms with E-state index in [-0.39, 0.29) is 69.4 Å². The summed E-state index contributed by atoms with van der Waals surface area (Å²) < 4.78 is 0. The van der Waals surface area contributed by atoms with Crippen LogP contribution in [0.1, 0.15) is 49.7 Å². The average Bonchev–Trinajstić information content (AvgIpc) is 3.67. The van der Waals surface area contributed by atoms with E-state index in [0.29, 0.717) is 24.8 Å². The molecular formula is C39H51N11O6. The third kappa shape index (κ3) is 11.3. The van der Waals surface area contributed by atoms with Crippen molar-refractivity contribution < 1.29 is 29.1 Å². The van der Waals surface area contributed by atoms with Gasteiger partial charge in [-0.25, -0.2) is 0 Å². The largest absolute Gasteiger partial charge is 0.508 e. The molecule has 298 valence electrons. The first-order valence-electron chi connectivity index (χ1n) is 18.8. The molecule has 5 atom stereocenters. The highest BCUT2D eigenvalue weighted by Crippen LogP contribution is 2.23. The van der Waals surface area contributed by atoms with E-state index in [9.17, 15) is 29.1 Å². The van der Waals surface area contributed by atoms with Gasteiger partial charge in [0.25, 0.3) is 0 Å². The number of guanidine groups is 2. The fraction of sp³-hybridized carbons (Fsp3) is 0.410. The standard InChI is InChI=1S/C39H51N11O6/c40-38(41)44-17-3-8-28-33(52)46-29(9-4-18-45-39(42)43)34(53)49-31(22-24-11-14-25-6-1-2-7-26(25)20-24)37(56)50-19-5-10-32(50)36(55)48-30(35(54)47-28)21-23-12-15-27(51)16-13-23/h1-2,6-7,11-16,20,28-32,51H,3-5,8-10,17-19,21-22H2,(H,46,52)(H,47,54)(H,48,55)(H,49,53)(H4,40,41,44)(H4,42,43,45)/t28-,29+,30-,31+,32-/m1/s1. The fourth-order valence-corrected chi connectivity index (χ4v) is 7.01. The summed E-state index contributed by atoms with van der Waals surface area (Å²) in [5.74, 6) is -3.23. The van der Waals surface area contributed by atoms with Crippen molar-refractivity contribution in [3.63, 3.8) is 0 Å². The predicted molar refractivity (Wildman–Crippen MR) is 212 cm³/mol. The van der Waals surface area contributed by atoms with Crippen LogP contribution in [-0.2, 0) is 36.8 Å². The van der Waals surface area contributed by atoms with Crippen molar-refractivity contribution in [2.24, 2.45) is 32.9 Å². The van der Waals surface area contributed by atoms with Gasteiger partial charge < -0.3 is 54.2 Å². The first kappa shape index (κ1) is 40.8. The maximum absolute atomic E-state index is 14.5. The zero-order valence-electron chi connectivity index (χ0n) is 31.2. The van der Waals surface area contributed by atoms with E-state index < -0.39 is 59.7 Å². The SMILES string of the molecule is NC(N)=NCCC[C@@H]1NC(=O)[C@@H](CCCN=C(N)N)NC(=O)[C@@H](Cc2ccc(O)cc2)NC(=O)[C@H]2CCCN2C(=O)[C@H](Cc2ccc3ccccc3c2)NC1=O. The van der Waals surface area contributed by atoms with Gasteiger partial charge in [-0.3, -0.25) is 34.0 Å². The van der Waals surface area contributed by atoms with E-state index >= 15 is 0 Å². The molecule has 5 rings (SSSR count). The van der Waals surface area contributed by atoms with E-state index in [1.54, 1.807) is 12.1 Å². The lowest BCUT2D eigenvalue weighted by Gasteiger charge is -2.30. The third-order valence-electron chi connectivity index (χ3n) is 9.87. The number of hydrogen-bond acceptors (Lipinski definition) is 8. The van der Waals surface area contributed by atoms with Gasteiger partial charge in [-0.15, -0.1) is 0 Å². The van der Waals surface area contributed by atoms with Gasteiger partial charge in [0.15, 0.2) is 11.9 Å². The summed E-state index contributed by atoms with van der Waals surface area (Å²) in [6.45, 7) is 0.586. The number of fused-ring (bicyclic) bond motifs is 2. The Morgan fingerprint density at radius 1 is 0.643 bits per heavy atom. The Kier molecular flexibility index (Phi) is 14.0. The highest BCUT2D eigenvalue weighted by Gasteiger charge is 2.40. The number of benzene rings is 3. The monoisotopic (exact) mass is 769 g/mol. The van der Waals surface area contributed by atoms with Gasteiger partial charge in [-0.1, -0.05) is 54.6 Å². The molecule has 17 nitrogen and oxygen atoms in total. The molecule has 3 aromatic carbocycles. The Labute approximate surface area is 324 Å². The minimum absolute atomic E-state index is 0.0128. The Hall–Kier alpha value is -6.39. The summed E-state index contributed by atoms with van der Waals surface area (Å²) in [7, 11) is 0. The van der Waals surface area contributed by atoms with Gasteiger partial charge >= 0.3 is 0 Å². The van der Waals surface area contributed by atoms with Gasteiger partial charge in [0, 0.05) is 32.5 Å². The van der Waals surface area contributed by atoms with Crippen LogP contribution >= 0.6 is 0 Å². The number of phenolic OH excluding ortho intramolecular Hbond substituents is 1. The van der Waals surface area contributed by atoms with Crippen LogP contribution in [0.15, 0.2) is 76.7 Å². The van der Waals surface area contributed by atoms with Crippen LogP contribution in [0.25, 0.3) is 10.8 Å². The Morgan fingerprint density at radius 2 is 1.16 bits per heavy atom. The smallest absolute Gasteiger partial charge is 0.246 e. The molecule has 0 aromatic heterocycles. The van der Waals surface area contributed by atoms with Crippen LogP contribution in [0.2, 0.25) is 0 Å². The highest BCUT2D eigenvalue weighted by atomic mass is 16.3. The summed E-state index contributed by atoms with van der Waals surface area (Å²) in [5, 5.41) is 23.1. The van der Waals surface area contributed by atoms with E-state index in [4.69, 9.17) is 22.9 Å². The summed E-state index contributed by atoms with van der Waals surface area (Å²) in [4.78, 5) is 80.4. The summed E-state index contributed by atoms with van der Waals surface area (Å²) in [5.41, 5.74) is 23.4. The zero-order valence-corrected chi connectivity index (χ0v) is 31.2. The highest BCUT2D eigenvalue weighted by molar-refractivity contribution is 5.98. The summed E-state index contributed by atoms with van der Waals surface area (Å²) in [6, 6.07) is 14.2. The molecule has 2 saturated heterocycles. The van der Waals surface area contributed by atoms with Crippen molar-refractivity contribution in [1.29, 1.82) is 0 Å². The molecule has 2 heterocycles. The first-order valence-corrected chi connectivity index (χ1v) is 18.8. The number of rotatable bonds is 12. The minimum atomic E-state index is -1.17. The van der Waals surface area contributed by atoms with Crippen molar-refractivity contribution in [3.05, 3.63) is 77.9 Å². The second-order valence-corrected chi connectivity index (χ2v) is 14.1. The number of hydrogen-bond donors (Lipinski definition) is 9. The van der Waals surface area contributed by atoms with Crippen LogP contribution in [0.5, 0.6) is 5.75 Å². The number of nitrogens with one attached hydrogen (secondary N) is 4. The van der Waals surface area contributed by atoms with Crippen LogP contribution < -0.4 is 44.2 Å². The molecule has 2 fully saturated rings. The first-order chi connectivity index (χ1) is 26.9. The molecule has 0 aliphatic carbocycles. The molecule has 3 aromatic rings. The van der Waals surface area contributed by atoms with Crippen molar-refractivity contribution in [1.82, 2.24) is 26.2 Å². The Morgan fingerprint density at radius 3 is 1.77 bits per heavy atom. The second-order valence-electron chi connectivity index (χ2n) is 14.1. The topological polar surface area (TPSA) is 286 Å². The molecule has 13 N–H and O–H groups in total. The normalized spacial score (nSPS) is 22.1. The number of nitrogens with zero attached hydrogens (tertiary/aromatic N) is 3. The van der Waals surface area contributed by atoms with Crippen molar-refractivity contribution in [3.8, 4) is 5.75 Å². The van der Waals surface area contributed by atoms with Crippen molar-refractivity contribution >= 4 is 52.2 Å². The van der Waals surface area contributed by atoms with Crippen LogP contribution in [0.4, 0.5) is 0 Å². The predicted octanol–water partition coefficient (Wildman–Crippen LogP) is -0.618. The Balaban J connectivity index is 1.53. The van der Waals surface area contributed by atoms with Gasteiger partial charge in [0.2, 0.25) is 29.5 Å². The lowest BCUT2D eigenvalue weighted by atomic mass is 9.99. The third-order valence-corrected chi connectivity index (χ3v) is 9.87. The van der Waals surface area contributed by atoms with Gasteiger partial charge in [-0.05, 0) is 72.6 Å². The van der Waals surface area contributed by atoms with E-state index in [0.717, 1.165) is 16.3 Å². The second kappa shape index (κ2) is 19.3. The fourth-order valence-electron chi connectivity index (χ4n) is 7.01. The molecule has 0 radical (unpaired) electrons. The average molecular weight is 770 g/mol. The maximum Gasteiger partial charge on any atom is 0.246 e. The number of carbonyl (C=O) groups is 5. The van der Waals surface area contributed by atoms with E-state index in [1.807, 2.05) is 42.5 Å². The van der Waals surface area contributed by atoms with Gasteiger partial charge in [0.1, 0.15) is 36.0 Å². The minimum Gasteiger partial charge on any atom is -0.508 e. The van der Waals surface area contributed by atoms with E-state index in [1.165, 1.54) is 17.0 Å². The van der Waals surface area contributed by atoms with Crippen molar-refractivity contribution in [2.45, 2.75) is 81.6 Å². The molecule has 2 aliphatic rings. The number of phenols is 1. The molecule has 0 unspecified atom stereocenters. The lowest BCUT2D eigenvalue weighted by molar-refractivity contribution is -0.142. The van der Waals surface area contributed by atoms with E-state index in [2.05, 4.69) is 31.3 Å². The number of nitrogens with two attached hydrogens (primary N) is 4. The Bertz CT molecular complexity index is 1940. The number of carbonyl (C=O) groups excluding carboxylic acids is 5. The van der Waals surface area contributed by atoms with Crippen LogP contribution in [-0.4, -0.2) is 101 Å². The zero-order chi connectivity index (χ0) is 40.2. The molecule has 17 heteroatoms. The number of aliphatic imine (C=N–C) groups is 2. The molecule has 0 bridgehead atoms. The summed E-state index contributed by atoms with van der Waals surface area (Å²) in [6.07, 6.45) is 1.73.